The minimum atomic E-state index is 0.476. The van der Waals surface area contributed by atoms with Gasteiger partial charge in [0.05, 0.1) is 24.9 Å². The van der Waals surface area contributed by atoms with Gasteiger partial charge in [-0.1, -0.05) is 24.5 Å². The maximum absolute atomic E-state index is 5.85. The average Bonchev–Trinajstić information content (AvgIpc) is 2.79. The second-order valence-corrected chi connectivity index (χ2v) is 4.63. The monoisotopic (exact) mass is 238 g/mol. The zero-order chi connectivity index (χ0) is 11.9. The van der Waals surface area contributed by atoms with Crippen molar-refractivity contribution in [2.24, 2.45) is 0 Å². The van der Waals surface area contributed by atoms with Crippen LogP contribution in [0.4, 0.5) is 0 Å². The maximum Gasteiger partial charge on any atom is 0.0964 e. The topological polar surface area (TPSA) is 52.0 Å². The van der Waals surface area contributed by atoms with Crippen molar-refractivity contribution in [3.05, 3.63) is 11.9 Å². The number of hydrogen-bond acceptors (Lipinski definition) is 4. The minimum Gasteiger partial charge on any atom is -0.376 e. The van der Waals surface area contributed by atoms with Crippen LogP contribution in [0.15, 0.2) is 6.20 Å². The van der Waals surface area contributed by atoms with Crippen LogP contribution in [0.25, 0.3) is 0 Å². The molecule has 2 rings (SSSR count). The van der Waals surface area contributed by atoms with Crippen LogP contribution in [-0.2, 0) is 17.8 Å². The van der Waals surface area contributed by atoms with E-state index in [1.54, 1.807) is 0 Å². The van der Waals surface area contributed by atoms with Gasteiger partial charge in [-0.2, -0.15) is 0 Å². The van der Waals surface area contributed by atoms with E-state index >= 15 is 0 Å². The number of rotatable bonds is 6. The van der Waals surface area contributed by atoms with Crippen molar-refractivity contribution in [1.29, 1.82) is 0 Å². The van der Waals surface area contributed by atoms with Gasteiger partial charge in [-0.25, -0.2) is 4.68 Å². The summed E-state index contributed by atoms with van der Waals surface area (Å²) in [5, 5.41) is 11.2. The van der Waals surface area contributed by atoms with Crippen molar-refractivity contribution in [1.82, 2.24) is 20.3 Å². The minimum absolute atomic E-state index is 0.476. The first-order chi connectivity index (χ1) is 8.38. The van der Waals surface area contributed by atoms with Crippen molar-refractivity contribution in [3.8, 4) is 0 Å². The highest BCUT2D eigenvalue weighted by Gasteiger charge is 2.13. The molecular formula is C12H22N4O. The molecule has 0 saturated heterocycles. The molecule has 1 aliphatic rings. The number of nitrogens with zero attached hydrogens (tertiary/aromatic N) is 3. The van der Waals surface area contributed by atoms with E-state index in [1.807, 2.05) is 17.9 Å². The first kappa shape index (κ1) is 12.5. The molecule has 0 aliphatic heterocycles. The van der Waals surface area contributed by atoms with Gasteiger partial charge in [0.25, 0.3) is 0 Å². The van der Waals surface area contributed by atoms with Gasteiger partial charge in [-0.3, -0.25) is 0 Å². The summed E-state index contributed by atoms with van der Waals surface area (Å²) < 4.78 is 7.71. The van der Waals surface area contributed by atoms with Crippen LogP contribution in [-0.4, -0.2) is 34.8 Å². The Bertz CT molecular complexity index is 320. The van der Waals surface area contributed by atoms with Gasteiger partial charge in [0.2, 0.25) is 0 Å². The van der Waals surface area contributed by atoms with Gasteiger partial charge in [-0.15, -0.1) is 5.10 Å². The second kappa shape index (κ2) is 6.71. The molecule has 5 nitrogen and oxygen atoms in total. The molecule has 1 heterocycles. The molecular weight excluding hydrogens is 216 g/mol. The molecule has 1 fully saturated rings. The predicted molar refractivity (Wildman–Crippen MR) is 65.6 cm³/mol. The van der Waals surface area contributed by atoms with Crippen LogP contribution in [0.5, 0.6) is 0 Å². The van der Waals surface area contributed by atoms with Crippen molar-refractivity contribution >= 4 is 0 Å². The van der Waals surface area contributed by atoms with E-state index in [0.29, 0.717) is 6.10 Å². The van der Waals surface area contributed by atoms with E-state index in [4.69, 9.17) is 4.74 Å². The number of ether oxygens (including phenoxy) is 1. The normalized spacial score (nSPS) is 17.5. The van der Waals surface area contributed by atoms with Crippen LogP contribution in [0.1, 0.15) is 37.8 Å². The molecule has 0 radical (unpaired) electrons. The Morgan fingerprint density at radius 3 is 3.00 bits per heavy atom. The Morgan fingerprint density at radius 2 is 2.24 bits per heavy atom. The molecule has 1 saturated carbocycles. The lowest BCUT2D eigenvalue weighted by Crippen LogP contribution is -2.19. The fourth-order valence-electron chi connectivity index (χ4n) is 2.25. The Kier molecular flexibility index (Phi) is 4.94. The zero-order valence-corrected chi connectivity index (χ0v) is 10.6. The maximum atomic E-state index is 5.85. The molecule has 17 heavy (non-hydrogen) atoms. The van der Waals surface area contributed by atoms with E-state index in [2.05, 4.69) is 15.6 Å². The molecule has 96 valence electrons. The Balaban J connectivity index is 1.66. The Morgan fingerprint density at radius 1 is 1.41 bits per heavy atom. The van der Waals surface area contributed by atoms with Gasteiger partial charge < -0.3 is 10.1 Å². The number of hydrogen-bond donors (Lipinski definition) is 1. The fraction of sp³-hybridized carbons (Fsp3) is 0.833. The highest BCUT2D eigenvalue weighted by Crippen LogP contribution is 2.20. The van der Waals surface area contributed by atoms with E-state index in [9.17, 15) is 0 Å². The van der Waals surface area contributed by atoms with Gasteiger partial charge in [0.15, 0.2) is 0 Å². The Hall–Kier alpha value is -0.940. The number of aromatic nitrogens is 3. The molecule has 0 spiro atoms. The first-order valence-electron chi connectivity index (χ1n) is 6.53. The highest BCUT2D eigenvalue weighted by molar-refractivity contribution is 4.90. The van der Waals surface area contributed by atoms with Gasteiger partial charge in [0.1, 0.15) is 0 Å². The summed E-state index contributed by atoms with van der Waals surface area (Å²) in [5.41, 5.74) is 0.977. The molecule has 5 heteroatoms. The van der Waals surface area contributed by atoms with Gasteiger partial charge >= 0.3 is 0 Å². The van der Waals surface area contributed by atoms with Crippen molar-refractivity contribution in [2.45, 2.75) is 51.3 Å². The summed E-state index contributed by atoms with van der Waals surface area (Å²) in [6.07, 6.45) is 8.91. The van der Waals surface area contributed by atoms with Gasteiger partial charge in [0, 0.05) is 12.7 Å². The standard InChI is InChI=1S/C12H22N4O/c1-13-9-11-10-16(15-14-11)7-8-17-12-5-3-2-4-6-12/h10,12-13H,2-9H2,1H3. The summed E-state index contributed by atoms with van der Waals surface area (Å²) in [7, 11) is 1.91. The summed E-state index contributed by atoms with van der Waals surface area (Å²) in [5.74, 6) is 0. The molecule has 1 aromatic heterocycles. The van der Waals surface area contributed by atoms with Crippen LogP contribution in [0.3, 0.4) is 0 Å². The third-order valence-electron chi connectivity index (χ3n) is 3.17. The third kappa shape index (κ3) is 4.09. The summed E-state index contributed by atoms with van der Waals surface area (Å²) in [6.45, 7) is 2.31. The van der Waals surface area contributed by atoms with E-state index in [0.717, 1.165) is 25.4 Å². The Labute approximate surface area is 103 Å². The second-order valence-electron chi connectivity index (χ2n) is 4.63. The van der Waals surface area contributed by atoms with Crippen LogP contribution < -0.4 is 5.32 Å². The summed E-state index contributed by atoms with van der Waals surface area (Å²) in [4.78, 5) is 0. The van der Waals surface area contributed by atoms with Crippen molar-refractivity contribution in [3.63, 3.8) is 0 Å². The summed E-state index contributed by atoms with van der Waals surface area (Å²) in [6, 6.07) is 0. The van der Waals surface area contributed by atoms with Crippen LogP contribution in [0, 0.1) is 0 Å². The van der Waals surface area contributed by atoms with Crippen LogP contribution in [0.2, 0.25) is 0 Å². The van der Waals surface area contributed by atoms with E-state index < -0.39 is 0 Å². The van der Waals surface area contributed by atoms with E-state index in [1.165, 1.54) is 32.1 Å². The van der Waals surface area contributed by atoms with E-state index in [-0.39, 0.29) is 0 Å². The molecule has 0 aromatic carbocycles. The quantitative estimate of drug-likeness (QED) is 0.812. The number of nitrogens with one attached hydrogen (secondary N) is 1. The third-order valence-corrected chi connectivity index (χ3v) is 3.17. The lowest BCUT2D eigenvalue weighted by molar-refractivity contribution is 0.0227. The first-order valence-corrected chi connectivity index (χ1v) is 6.53. The van der Waals surface area contributed by atoms with Crippen molar-refractivity contribution in [2.75, 3.05) is 13.7 Å². The van der Waals surface area contributed by atoms with Crippen LogP contribution >= 0.6 is 0 Å². The molecule has 0 bridgehead atoms. The lowest BCUT2D eigenvalue weighted by atomic mass is 9.98. The average molecular weight is 238 g/mol. The molecule has 1 aliphatic carbocycles. The van der Waals surface area contributed by atoms with Crippen molar-refractivity contribution < 1.29 is 4.74 Å². The molecule has 1 aromatic rings. The highest BCUT2D eigenvalue weighted by atomic mass is 16.5. The van der Waals surface area contributed by atoms with Gasteiger partial charge in [-0.05, 0) is 19.9 Å². The molecule has 0 amide bonds. The molecule has 1 N–H and O–H groups in total. The molecule has 0 unspecified atom stereocenters. The molecule has 0 atom stereocenters. The largest absolute Gasteiger partial charge is 0.376 e. The SMILES string of the molecule is CNCc1cn(CCOC2CCCCC2)nn1. The summed E-state index contributed by atoms with van der Waals surface area (Å²) >= 11 is 0. The predicted octanol–water partition coefficient (Wildman–Crippen LogP) is 1.35. The smallest absolute Gasteiger partial charge is 0.0964 e. The fourth-order valence-corrected chi connectivity index (χ4v) is 2.25. The lowest BCUT2D eigenvalue weighted by Gasteiger charge is -2.21. The zero-order valence-electron chi connectivity index (χ0n) is 10.6.